The number of benzene rings is 1. The van der Waals surface area contributed by atoms with Crippen molar-refractivity contribution in [3.63, 3.8) is 0 Å². The minimum atomic E-state index is -3.38. The molecule has 0 aliphatic carbocycles. The lowest BCUT2D eigenvalue weighted by atomic mass is 9.97. The first-order valence-electron chi connectivity index (χ1n) is 9.46. The molecular weight excluding hydrogens is 444 g/mol. The Morgan fingerprint density at radius 2 is 2.00 bits per heavy atom. The second kappa shape index (κ2) is 9.71. The van der Waals surface area contributed by atoms with Crippen molar-refractivity contribution in [3.05, 3.63) is 58.5 Å². The minimum Gasteiger partial charge on any atom is -0.469 e. The van der Waals surface area contributed by atoms with Crippen molar-refractivity contribution in [2.24, 2.45) is 5.92 Å². The molecular formula is C20H25BrN2O4S. The van der Waals surface area contributed by atoms with Gasteiger partial charge in [0.05, 0.1) is 12.0 Å². The summed E-state index contributed by atoms with van der Waals surface area (Å²) in [5.74, 6) is 0.790. The summed E-state index contributed by atoms with van der Waals surface area (Å²) in [5.41, 5.74) is 0.755. The zero-order valence-corrected chi connectivity index (χ0v) is 18.0. The summed E-state index contributed by atoms with van der Waals surface area (Å²) in [4.78, 5) is 12.3. The van der Waals surface area contributed by atoms with E-state index in [0.717, 1.165) is 28.6 Å². The van der Waals surface area contributed by atoms with Crippen LogP contribution in [0.3, 0.4) is 0 Å². The van der Waals surface area contributed by atoms with Crippen LogP contribution in [0.1, 0.15) is 30.6 Å². The SMILES string of the molecule is O=C(NCCCc1ccco1)C1CCN(S(=O)(=O)Cc2cccc(Br)c2)CC1. The quantitative estimate of drug-likeness (QED) is 0.602. The Hall–Kier alpha value is -1.64. The van der Waals surface area contributed by atoms with Gasteiger partial charge in [0, 0.05) is 36.4 Å². The molecule has 3 rings (SSSR count). The molecule has 1 N–H and O–H groups in total. The molecule has 1 aromatic carbocycles. The first kappa shape index (κ1) is 21.1. The standard InChI is InChI=1S/C20H25BrN2O4S/c21-18-5-1-4-16(14-18)15-28(25,26)23-11-8-17(9-12-23)20(24)22-10-2-6-19-7-3-13-27-19/h1,3-5,7,13-14,17H,2,6,8-12,15H2,(H,22,24). The average Bonchev–Trinajstić information content (AvgIpc) is 3.18. The molecule has 0 bridgehead atoms. The molecule has 0 spiro atoms. The third-order valence-electron chi connectivity index (χ3n) is 4.94. The van der Waals surface area contributed by atoms with E-state index in [2.05, 4.69) is 21.2 Å². The normalized spacial score (nSPS) is 16.2. The van der Waals surface area contributed by atoms with Crippen LogP contribution in [-0.2, 0) is 27.0 Å². The van der Waals surface area contributed by atoms with Crippen molar-refractivity contribution in [1.82, 2.24) is 9.62 Å². The number of amides is 1. The van der Waals surface area contributed by atoms with Gasteiger partial charge >= 0.3 is 0 Å². The molecule has 1 aliphatic rings. The molecule has 2 heterocycles. The van der Waals surface area contributed by atoms with Crippen LogP contribution in [0, 0.1) is 5.92 Å². The summed E-state index contributed by atoms with van der Waals surface area (Å²) < 4.78 is 33.0. The molecule has 1 aromatic heterocycles. The van der Waals surface area contributed by atoms with Crippen molar-refractivity contribution >= 4 is 31.9 Å². The lowest BCUT2D eigenvalue weighted by Gasteiger charge is -2.30. The number of aryl methyl sites for hydroxylation is 1. The van der Waals surface area contributed by atoms with Gasteiger partial charge in [-0.15, -0.1) is 0 Å². The molecule has 2 aromatic rings. The first-order chi connectivity index (χ1) is 13.4. The van der Waals surface area contributed by atoms with Crippen LogP contribution in [-0.4, -0.2) is 38.3 Å². The Labute approximate surface area is 174 Å². The lowest BCUT2D eigenvalue weighted by molar-refractivity contribution is -0.126. The zero-order valence-electron chi connectivity index (χ0n) is 15.6. The summed E-state index contributed by atoms with van der Waals surface area (Å²) in [6, 6.07) is 11.1. The van der Waals surface area contributed by atoms with Gasteiger partial charge in [-0.1, -0.05) is 28.1 Å². The number of rotatable bonds is 8. The van der Waals surface area contributed by atoms with E-state index >= 15 is 0 Å². The molecule has 0 unspecified atom stereocenters. The number of carbonyl (C=O) groups is 1. The Bertz CT molecular complexity index is 875. The minimum absolute atomic E-state index is 0.0171. The van der Waals surface area contributed by atoms with Gasteiger partial charge in [-0.05, 0) is 49.1 Å². The highest BCUT2D eigenvalue weighted by Gasteiger charge is 2.31. The van der Waals surface area contributed by atoms with Gasteiger partial charge < -0.3 is 9.73 Å². The van der Waals surface area contributed by atoms with Crippen LogP contribution < -0.4 is 5.32 Å². The molecule has 8 heteroatoms. The van der Waals surface area contributed by atoms with Gasteiger partial charge in [-0.3, -0.25) is 4.79 Å². The second-order valence-electron chi connectivity index (χ2n) is 7.03. The highest BCUT2D eigenvalue weighted by atomic mass is 79.9. The van der Waals surface area contributed by atoms with Gasteiger partial charge in [0.25, 0.3) is 0 Å². The smallest absolute Gasteiger partial charge is 0.223 e. The number of hydrogen-bond acceptors (Lipinski definition) is 4. The first-order valence-corrected chi connectivity index (χ1v) is 11.9. The van der Waals surface area contributed by atoms with Gasteiger partial charge in [0.2, 0.25) is 15.9 Å². The number of nitrogens with one attached hydrogen (secondary N) is 1. The van der Waals surface area contributed by atoms with Crippen molar-refractivity contribution in [3.8, 4) is 0 Å². The Morgan fingerprint density at radius 3 is 2.68 bits per heavy atom. The maximum atomic E-state index is 12.7. The van der Waals surface area contributed by atoms with E-state index in [1.807, 2.05) is 36.4 Å². The molecule has 0 radical (unpaired) electrons. The van der Waals surface area contributed by atoms with Crippen LogP contribution in [0.5, 0.6) is 0 Å². The largest absolute Gasteiger partial charge is 0.469 e. The number of carbonyl (C=O) groups excluding carboxylic acids is 1. The number of piperidine rings is 1. The molecule has 152 valence electrons. The van der Waals surface area contributed by atoms with Gasteiger partial charge in [-0.2, -0.15) is 0 Å². The molecule has 0 atom stereocenters. The fraction of sp³-hybridized carbons (Fsp3) is 0.450. The van der Waals surface area contributed by atoms with Crippen LogP contribution in [0.15, 0.2) is 51.6 Å². The van der Waals surface area contributed by atoms with Crippen LogP contribution >= 0.6 is 15.9 Å². The Morgan fingerprint density at radius 1 is 1.21 bits per heavy atom. The third-order valence-corrected chi connectivity index (χ3v) is 7.28. The van der Waals surface area contributed by atoms with E-state index in [1.165, 1.54) is 4.31 Å². The van der Waals surface area contributed by atoms with E-state index in [0.29, 0.717) is 32.5 Å². The number of sulfonamides is 1. The van der Waals surface area contributed by atoms with E-state index in [9.17, 15) is 13.2 Å². The van der Waals surface area contributed by atoms with E-state index in [-0.39, 0.29) is 17.6 Å². The molecule has 1 amide bonds. The van der Waals surface area contributed by atoms with Gasteiger partial charge in [-0.25, -0.2) is 12.7 Å². The third kappa shape index (κ3) is 5.93. The van der Waals surface area contributed by atoms with Crippen LogP contribution in [0.2, 0.25) is 0 Å². The second-order valence-corrected chi connectivity index (χ2v) is 9.92. The van der Waals surface area contributed by atoms with Gasteiger partial charge in [0.1, 0.15) is 5.76 Å². The summed E-state index contributed by atoms with van der Waals surface area (Å²) in [5, 5.41) is 2.96. The maximum Gasteiger partial charge on any atom is 0.223 e. The zero-order chi connectivity index (χ0) is 20.0. The molecule has 1 fully saturated rings. The number of hydrogen-bond donors (Lipinski definition) is 1. The van der Waals surface area contributed by atoms with Crippen molar-refractivity contribution < 1.29 is 17.6 Å². The summed E-state index contributed by atoms with van der Waals surface area (Å²) >= 11 is 3.37. The topological polar surface area (TPSA) is 79.6 Å². The summed E-state index contributed by atoms with van der Waals surface area (Å²) in [6.45, 7) is 1.38. The van der Waals surface area contributed by atoms with E-state index in [1.54, 1.807) is 6.26 Å². The Kier molecular flexibility index (Phi) is 7.31. The van der Waals surface area contributed by atoms with E-state index < -0.39 is 10.0 Å². The number of halogens is 1. The summed E-state index contributed by atoms with van der Waals surface area (Å²) in [6.07, 6.45) is 4.37. The lowest BCUT2D eigenvalue weighted by Crippen LogP contribution is -2.43. The fourth-order valence-electron chi connectivity index (χ4n) is 3.40. The van der Waals surface area contributed by atoms with Crippen LogP contribution in [0.25, 0.3) is 0 Å². The predicted octanol–water partition coefficient (Wildman–Crippen LogP) is 3.33. The van der Waals surface area contributed by atoms with E-state index in [4.69, 9.17) is 4.42 Å². The molecule has 1 aliphatic heterocycles. The number of nitrogens with zero attached hydrogens (tertiary/aromatic N) is 1. The average molecular weight is 469 g/mol. The van der Waals surface area contributed by atoms with Crippen molar-refractivity contribution in [1.29, 1.82) is 0 Å². The Balaban J connectivity index is 1.42. The molecule has 0 saturated carbocycles. The maximum absolute atomic E-state index is 12.7. The van der Waals surface area contributed by atoms with Gasteiger partial charge in [0.15, 0.2) is 0 Å². The number of furan rings is 1. The molecule has 6 nitrogen and oxygen atoms in total. The highest BCUT2D eigenvalue weighted by Crippen LogP contribution is 2.22. The monoisotopic (exact) mass is 468 g/mol. The van der Waals surface area contributed by atoms with Crippen molar-refractivity contribution in [2.75, 3.05) is 19.6 Å². The van der Waals surface area contributed by atoms with Crippen LogP contribution in [0.4, 0.5) is 0 Å². The fourth-order valence-corrected chi connectivity index (χ4v) is 5.40. The molecule has 28 heavy (non-hydrogen) atoms. The predicted molar refractivity (Wildman–Crippen MR) is 111 cm³/mol. The highest BCUT2D eigenvalue weighted by molar-refractivity contribution is 9.10. The summed E-state index contributed by atoms with van der Waals surface area (Å²) in [7, 11) is -3.38. The van der Waals surface area contributed by atoms with Crippen molar-refractivity contribution in [2.45, 2.75) is 31.4 Å². The molecule has 1 saturated heterocycles.